The molecule has 0 saturated heterocycles. The lowest BCUT2D eigenvalue weighted by Gasteiger charge is -2.26. The molecule has 0 bridgehead atoms. The largest absolute Gasteiger partial charge is 0.478 e. The number of carboxylic acids is 1. The maximum absolute atomic E-state index is 12.5. The van der Waals surface area contributed by atoms with Crippen LogP contribution < -0.4 is 4.90 Å². The van der Waals surface area contributed by atoms with Gasteiger partial charge in [0.25, 0.3) is 0 Å². The molecule has 0 aromatic heterocycles. The van der Waals surface area contributed by atoms with Gasteiger partial charge in [0.05, 0.1) is 11.3 Å². The van der Waals surface area contributed by atoms with Crippen LogP contribution in [0.3, 0.4) is 0 Å². The van der Waals surface area contributed by atoms with Gasteiger partial charge in [-0.05, 0) is 40.5 Å². The fourth-order valence-electron chi connectivity index (χ4n) is 1.67. The summed E-state index contributed by atoms with van der Waals surface area (Å²) in [5, 5.41) is 8.81. The molecule has 1 aromatic carbocycles. The third-order valence-corrected chi connectivity index (χ3v) is 3.03. The van der Waals surface area contributed by atoms with E-state index in [1.165, 1.54) is 23.1 Å². The number of hydrogen-bond acceptors (Lipinski definition) is 2. The van der Waals surface area contributed by atoms with Crippen LogP contribution in [0, 0.1) is 0 Å². The zero-order valence-corrected chi connectivity index (χ0v) is 11.8. The predicted octanol–water partition coefficient (Wildman–Crippen LogP) is 3.93. The lowest BCUT2D eigenvalue weighted by Crippen LogP contribution is -2.35. The number of carboxylic acid groups (broad SMARTS) is 1. The Bertz CT molecular complexity index is 463. The summed E-state index contributed by atoms with van der Waals surface area (Å²) >= 11 is 3.12. The van der Waals surface area contributed by atoms with Gasteiger partial charge in [-0.3, -0.25) is 0 Å². The molecular formula is C12H13BrF3NO2. The molecule has 0 atom stereocenters. The third kappa shape index (κ3) is 4.74. The SMILES string of the molecule is CCCN(CC(F)(F)F)c1ccc(C(=O)O)cc1Br. The summed E-state index contributed by atoms with van der Waals surface area (Å²) in [5.74, 6) is -1.12. The van der Waals surface area contributed by atoms with Gasteiger partial charge in [0.1, 0.15) is 6.54 Å². The van der Waals surface area contributed by atoms with E-state index in [2.05, 4.69) is 15.9 Å². The second-order valence-corrected chi connectivity index (χ2v) is 4.86. The van der Waals surface area contributed by atoms with Crippen molar-refractivity contribution in [3.05, 3.63) is 28.2 Å². The van der Waals surface area contributed by atoms with E-state index in [0.717, 1.165) is 0 Å². The van der Waals surface area contributed by atoms with Crippen LogP contribution in [-0.2, 0) is 0 Å². The second kappa shape index (κ2) is 6.27. The van der Waals surface area contributed by atoms with Gasteiger partial charge < -0.3 is 10.0 Å². The summed E-state index contributed by atoms with van der Waals surface area (Å²) in [7, 11) is 0. The molecule has 0 aliphatic heterocycles. The van der Waals surface area contributed by atoms with Crippen molar-refractivity contribution in [1.82, 2.24) is 0 Å². The van der Waals surface area contributed by atoms with Gasteiger partial charge in [0.2, 0.25) is 0 Å². The second-order valence-electron chi connectivity index (χ2n) is 4.01. The van der Waals surface area contributed by atoms with Crippen molar-refractivity contribution in [3.8, 4) is 0 Å². The lowest BCUT2D eigenvalue weighted by atomic mass is 10.2. The summed E-state index contributed by atoms with van der Waals surface area (Å²) in [4.78, 5) is 12.0. The van der Waals surface area contributed by atoms with Crippen molar-refractivity contribution in [2.45, 2.75) is 19.5 Å². The number of carbonyl (C=O) groups is 1. The molecule has 0 amide bonds. The van der Waals surface area contributed by atoms with Crippen molar-refractivity contribution in [2.24, 2.45) is 0 Å². The van der Waals surface area contributed by atoms with Gasteiger partial charge >= 0.3 is 12.1 Å². The average Bonchev–Trinajstić information content (AvgIpc) is 2.26. The lowest BCUT2D eigenvalue weighted by molar-refractivity contribution is -0.119. The minimum Gasteiger partial charge on any atom is -0.478 e. The first-order valence-corrected chi connectivity index (χ1v) is 6.38. The molecule has 0 aliphatic carbocycles. The highest BCUT2D eigenvalue weighted by molar-refractivity contribution is 9.10. The summed E-state index contributed by atoms with van der Waals surface area (Å²) in [6, 6.07) is 3.98. The standard InChI is InChI=1S/C12H13BrF3NO2/c1-2-5-17(7-12(14,15)16)10-4-3-8(11(18)19)6-9(10)13/h3-4,6H,2,5,7H2,1H3,(H,18,19). The Hall–Kier alpha value is -1.24. The van der Waals surface area contributed by atoms with Gasteiger partial charge in [-0.25, -0.2) is 4.79 Å². The minimum atomic E-state index is -4.31. The highest BCUT2D eigenvalue weighted by atomic mass is 79.9. The highest BCUT2D eigenvalue weighted by Gasteiger charge is 2.31. The van der Waals surface area contributed by atoms with Crippen molar-refractivity contribution in [3.63, 3.8) is 0 Å². The van der Waals surface area contributed by atoms with Crippen LogP contribution in [0.1, 0.15) is 23.7 Å². The summed E-state index contributed by atoms with van der Waals surface area (Å²) in [6.07, 6.45) is -3.75. The zero-order chi connectivity index (χ0) is 14.6. The van der Waals surface area contributed by atoms with Gasteiger partial charge in [0.15, 0.2) is 0 Å². The fraction of sp³-hybridized carbons (Fsp3) is 0.417. The van der Waals surface area contributed by atoms with E-state index in [1.54, 1.807) is 6.92 Å². The first-order valence-electron chi connectivity index (χ1n) is 5.59. The number of hydrogen-bond donors (Lipinski definition) is 1. The first-order chi connectivity index (χ1) is 8.74. The summed E-state index contributed by atoms with van der Waals surface area (Å²) < 4.78 is 37.8. The molecule has 1 N–H and O–H groups in total. The Morgan fingerprint density at radius 3 is 2.47 bits per heavy atom. The van der Waals surface area contributed by atoms with Crippen molar-refractivity contribution >= 4 is 27.6 Å². The number of benzene rings is 1. The Kier molecular flexibility index (Phi) is 5.22. The smallest absolute Gasteiger partial charge is 0.405 e. The number of alkyl halides is 3. The summed E-state index contributed by atoms with van der Waals surface area (Å²) in [6.45, 7) is 0.958. The molecule has 106 valence electrons. The molecule has 0 saturated carbocycles. The highest BCUT2D eigenvalue weighted by Crippen LogP contribution is 2.30. The molecule has 0 heterocycles. The number of halogens is 4. The molecule has 0 aliphatic rings. The van der Waals surface area contributed by atoms with E-state index in [1.807, 2.05) is 0 Å². The predicted molar refractivity (Wildman–Crippen MR) is 69.7 cm³/mol. The van der Waals surface area contributed by atoms with Crippen LogP contribution in [0.4, 0.5) is 18.9 Å². The maximum Gasteiger partial charge on any atom is 0.405 e. The Morgan fingerprint density at radius 2 is 2.05 bits per heavy atom. The maximum atomic E-state index is 12.5. The van der Waals surface area contributed by atoms with Crippen LogP contribution in [-0.4, -0.2) is 30.3 Å². The number of anilines is 1. The quantitative estimate of drug-likeness (QED) is 0.883. The molecule has 0 radical (unpaired) electrons. The van der Waals surface area contributed by atoms with E-state index in [9.17, 15) is 18.0 Å². The van der Waals surface area contributed by atoms with Crippen LogP contribution in [0.15, 0.2) is 22.7 Å². The zero-order valence-electron chi connectivity index (χ0n) is 10.2. The summed E-state index contributed by atoms with van der Waals surface area (Å²) in [5.41, 5.74) is 0.364. The number of rotatable bonds is 5. The van der Waals surface area contributed by atoms with E-state index >= 15 is 0 Å². The fourth-order valence-corrected chi connectivity index (χ4v) is 2.30. The molecule has 1 rings (SSSR count). The van der Waals surface area contributed by atoms with Gasteiger partial charge in [0, 0.05) is 11.0 Å². The van der Waals surface area contributed by atoms with Crippen molar-refractivity contribution in [1.29, 1.82) is 0 Å². The molecule has 0 spiro atoms. The molecule has 3 nitrogen and oxygen atoms in total. The van der Waals surface area contributed by atoms with Gasteiger partial charge in [-0.15, -0.1) is 0 Å². The van der Waals surface area contributed by atoms with Gasteiger partial charge in [-0.1, -0.05) is 6.92 Å². The average molecular weight is 340 g/mol. The van der Waals surface area contributed by atoms with Crippen molar-refractivity contribution in [2.75, 3.05) is 18.0 Å². The molecule has 1 aromatic rings. The van der Waals surface area contributed by atoms with Crippen LogP contribution in [0.2, 0.25) is 0 Å². The van der Waals surface area contributed by atoms with Crippen LogP contribution in [0.5, 0.6) is 0 Å². The van der Waals surface area contributed by atoms with E-state index < -0.39 is 18.7 Å². The Morgan fingerprint density at radius 1 is 1.42 bits per heavy atom. The van der Waals surface area contributed by atoms with Crippen LogP contribution in [0.25, 0.3) is 0 Å². The Labute approximate surface area is 117 Å². The third-order valence-electron chi connectivity index (χ3n) is 2.40. The topological polar surface area (TPSA) is 40.5 Å². The monoisotopic (exact) mass is 339 g/mol. The van der Waals surface area contributed by atoms with Gasteiger partial charge in [-0.2, -0.15) is 13.2 Å². The minimum absolute atomic E-state index is 0.0269. The van der Waals surface area contributed by atoms with E-state index in [-0.39, 0.29) is 12.1 Å². The first kappa shape index (κ1) is 15.8. The Balaban J connectivity index is 3.06. The molecular weight excluding hydrogens is 327 g/mol. The molecule has 7 heteroatoms. The van der Waals surface area contributed by atoms with Crippen molar-refractivity contribution < 1.29 is 23.1 Å². The van der Waals surface area contributed by atoms with E-state index in [4.69, 9.17) is 5.11 Å². The van der Waals surface area contributed by atoms with E-state index in [0.29, 0.717) is 16.6 Å². The normalized spacial score (nSPS) is 11.4. The number of nitrogens with zero attached hydrogens (tertiary/aromatic N) is 1. The number of aromatic carboxylic acids is 1. The molecule has 19 heavy (non-hydrogen) atoms. The van der Waals surface area contributed by atoms with Crippen LogP contribution >= 0.6 is 15.9 Å². The molecule has 0 unspecified atom stereocenters. The molecule has 0 fully saturated rings.